The van der Waals surface area contributed by atoms with Crippen LogP contribution in [0, 0.1) is 11.3 Å². The van der Waals surface area contributed by atoms with Crippen LogP contribution in [0.1, 0.15) is 25.5 Å². The zero-order valence-electron chi connectivity index (χ0n) is 9.69. The van der Waals surface area contributed by atoms with Gasteiger partial charge in [-0.25, -0.2) is 0 Å². The van der Waals surface area contributed by atoms with Gasteiger partial charge in [-0.1, -0.05) is 0 Å². The van der Waals surface area contributed by atoms with Crippen molar-refractivity contribution in [2.45, 2.75) is 19.9 Å². The van der Waals surface area contributed by atoms with Gasteiger partial charge in [0, 0.05) is 25.5 Å². The number of nitrogens with one attached hydrogen (secondary N) is 1. The molecule has 0 fully saturated rings. The second-order valence-corrected chi connectivity index (χ2v) is 3.73. The molecule has 1 aromatic rings. The lowest BCUT2D eigenvalue weighted by atomic mass is 10.2. The Morgan fingerprint density at radius 3 is 2.75 bits per heavy atom. The summed E-state index contributed by atoms with van der Waals surface area (Å²) in [4.78, 5) is 11.3. The normalized spacial score (nSPS) is 11.3. The quantitative estimate of drug-likeness (QED) is 0.619. The van der Waals surface area contributed by atoms with Crippen molar-refractivity contribution >= 4 is 12.0 Å². The maximum absolute atomic E-state index is 11.3. The van der Waals surface area contributed by atoms with Crippen LogP contribution in [0.4, 0.5) is 0 Å². The summed E-state index contributed by atoms with van der Waals surface area (Å²) in [6.07, 6.45) is 5.41. The summed E-state index contributed by atoms with van der Waals surface area (Å²) in [5.74, 6) is -0.361. The molecule has 0 aliphatic carbocycles. The Morgan fingerprint density at radius 2 is 2.31 bits per heavy atom. The number of amides is 1. The van der Waals surface area contributed by atoms with Crippen molar-refractivity contribution in [1.29, 1.82) is 5.26 Å². The third kappa shape index (κ3) is 2.74. The Hall–Kier alpha value is -2.02. The molecule has 0 radical (unpaired) electrons. The molecule has 0 saturated heterocycles. The molecular formula is C12H15N3O. The largest absolute Gasteiger partial charge is 0.354 e. The Labute approximate surface area is 95.2 Å². The Bertz CT molecular complexity index is 449. The predicted octanol–water partition coefficient (Wildman–Crippen LogP) is 1.72. The Kier molecular flexibility index (Phi) is 3.90. The maximum Gasteiger partial charge on any atom is 0.261 e. The third-order valence-corrected chi connectivity index (χ3v) is 2.24. The van der Waals surface area contributed by atoms with Crippen molar-refractivity contribution in [3.05, 3.63) is 29.6 Å². The van der Waals surface area contributed by atoms with Crippen LogP contribution in [0.3, 0.4) is 0 Å². The Balaban J connectivity index is 2.97. The number of likely N-dealkylation sites (N-methyl/N-ethyl adjacent to an activating group) is 1. The van der Waals surface area contributed by atoms with Gasteiger partial charge < -0.3 is 9.88 Å². The van der Waals surface area contributed by atoms with E-state index in [0.29, 0.717) is 6.04 Å². The molecule has 84 valence electrons. The number of rotatable bonds is 3. The average molecular weight is 217 g/mol. The summed E-state index contributed by atoms with van der Waals surface area (Å²) in [5.41, 5.74) is 0.970. The Morgan fingerprint density at radius 1 is 1.62 bits per heavy atom. The highest BCUT2D eigenvalue weighted by molar-refractivity contribution is 6.01. The second-order valence-electron chi connectivity index (χ2n) is 3.73. The first kappa shape index (κ1) is 12.1. The van der Waals surface area contributed by atoms with Crippen molar-refractivity contribution in [1.82, 2.24) is 9.88 Å². The number of hydrogen-bond acceptors (Lipinski definition) is 2. The third-order valence-electron chi connectivity index (χ3n) is 2.24. The lowest BCUT2D eigenvalue weighted by Gasteiger charge is -2.04. The minimum absolute atomic E-state index is 0.115. The molecule has 1 rings (SSSR count). The van der Waals surface area contributed by atoms with Crippen LogP contribution in [0.5, 0.6) is 0 Å². The molecule has 1 amide bonds. The number of nitrogens with zero attached hydrogens (tertiary/aromatic N) is 2. The van der Waals surface area contributed by atoms with E-state index in [2.05, 4.69) is 19.2 Å². The van der Waals surface area contributed by atoms with Crippen LogP contribution in [0.15, 0.2) is 24.0 Å². The second kappa shape index (κ2) is 5.17. The molecule has 0 atom stereocenters. The molecular weight excluding hydrogens is 202 g/mol. The number of carbonyl (C=O) groups excluding carboxylic acids is 1. The first-order chi connectivity index (χ1) is 7.58. The minimum atomic E-state index is -0.361. The van der Waals surface area contributed by atoms with Gasteiger partial charge in [-0.15, -0.1) is 0 Å². The highest BCUT2D eigenvalue weighted by atomic mass is 16.1. The zero-order chi connectivity index (χ0) is 12.1. The summed E-state index contributed by atoms with van der Waals surface area (Å²) >= 11 is 0. The lowest BCUT2D eigenvalue weighted by Crippen LogP contribution is -2.19. The van der Waals surface area contributed by atoms with E-state index in [1.54, 1.807) is 6.08 Å². The molecule has 1 heterocycles. The van der Waals surface area contributed by atoms with Gasteiger partial charge in [0.15, 0.2) is 0 Å². The van der Waals surface area contributed by atoms with Crippen molar-refractivity contribution in [3.63, 3.8) is 0 Å². The van der Waals surface area contributed by atoms with Crippen molar-refractivity contribution in [2.75, 3.05) is 7.05 Å². The van der Waals surface area contributed by atoms with Crippen molar-refractivity contribution in [2.24, 2.45) is 0 Å². The highest BCUT2D eigenvalue weighted by Gasteiger charge is 2.06. The average Bonchev–Trinajstić information content (AvgIpc) is 2.73. The topological polar surface area (TPSA) is 57.8 Å². The van der Waals surface area contributed by atoms with E-state index < -0.39 is 0 Å². The van der Waals surface area contributed by atoms with E-state index in [0.717, 1.165) is 5.56 Å². The predicted molar refractivity (Wildman–Crippen MR) is 62.5 cm³/mol. The fourth-order valence-corrected chi connectivity index (χ4v) is 1.29. The van der Waals surface area contributed by atoms with Crippen molar-refractivity contribution in [3.8, 4) is 6.07 Å². The van der Waals surface area contributed by atoms with Gasteiger partial charge in [-0.2, -0.15) is 5.26 Å². The molecule has 0 aliphatic rings. The van der Waals surface area contributed by atoms with Gasteiger partial charge in [-0.05, 0) is 31.6 Å². The van der Waals surface area contributed by atoms with E-state index in [4.69, 9.17) is 5.26 Å². The van der Waals surface area contributed by atoms with E-state index in [1.807, 2.05) is 29.1 Å². The number of carbonyl (C=O) groups is 1. The molecule has 0 unspecified atom stereocenters. The van der Waals surface area contributed by atoms with Crippen LogP contribution in [-0.2, 0) is 4.79 Å². The van der Waals surface area contributed by atoms with Crippen molar-refractivity contribution < 1.29 is 4.79 Å². The number of aromatic nitrogens is 1. The van der Waals surface area contributed by atoms with Crippen LogP contribution in [0.25, 0.3) is 6.08 Å². The monoisotopic (exact) mass is 217 g/mol. The first-order valence-electron chi connectivity index (χ1n) is 5.10. The molecule has 4 nitrogen and oxygen atoms in total. The zero-order valence-corrected chi connectivity index (χ0v) is 9.69. The molecule has 0 bridgehead atoms. The van der Waals surface area contributed by atoms with Gasteiger partial charge in [0.1, 0.15) is 11.6 Å². The number of hydrogen-bond donors (Lipinski definition) is 1. The van der Waals surface area contributed by atoms with Crippen LogP contribution in [0.2, 0.25) is 0 Å². The maximum atomic E-state index is 11.3. The van der Waals surface area contributed by atoms with Gasteiger partial charge >= 0.3 is 0 Å². The highest BCUT2D eigenvalue weighted by Crippen LogP contribution is 2.11. The SMILES string of the molecule is CNC(=O)/C(C#N)=C/c1ccn(C(C)C)c1. The summed E-state index contributed by atoms with van der Waals surface area (Å²) in [6.45, 7) is 4.13. The van der Waals surface area contributed by atoms with Gasteiger partial charge in [-0.3, -0.25) is 4.79 Å². The first-order valence-corrected chi connectivity index (χ1v) is 5.10. The molecule has 0 spiro atoms. The molecule has 0 saturated carbocycles. The molecule has 0 aromatic carbocycles. The minimum Gasteiger partial charge on any atom is -0.354 e. The molecule has 1 N–H and O–H groups in total. The van der Waals surface area contributed by atoms with Crippen LogP contribution >= 0.6 is 0 Å². The van der Waals surface area contributed by atoms with Gasteiger partial charge in [0.25, 0.3) is 5.91 Å². The molecule has 0 aliphatic heterocycles. The van der Waals surface area contributed by atoms with E-state index >= 15 is 0 Å². The lowest BCUT2D eigenvalue weighted by molar-refractivity contribution is -0.116. The molecule has 4 heteroatoms. The fraction of sp³-hybridized carbons (Fsp3) is 0.333. The van der Waals surface area contributed by atoms with E-state index in [-0.39, 0.29) is 11.5 Å². The summed E-state index contributed by atoms with van der Waals surface area (Å²) < 4.78 is 2.02. The van der Waals surface area contributed by atoms with E-state index in [9.17, 15) is 4.79 Å². The van der Waals surface area contributed by atoms with Gasteiger partial charge in [0.05, 0.1) is 0 Å². The van der Waals surface area contributed by atoms with Gasteiger partial charge in [0.2, 0.25) is 0 Å². The van der Waals surface area contributed by atoms with Crippen LogP contribution < -0.4 is 5.32 Å². The fourth-order valence-electron chi connectivity index (χ4n) is 1.29. The summed E-state index contributed by atoms with van der Waals surface area (Å²) in [6, 6.07) is 4.12. The smallest absolute Gasteiger partial charge is 0.261 e. The molecule has 16 heavy (non-hydrogen) atoms. The van der Waals surface area contributed by atoms with E-state index in [1.165, 1.54) is 7.05 Å². The molecule has 1 aromatic heterocycles. The summed E-state index contributed by atoms with van der Waals surface area (Å²) in [5, 5.41) is 11.2. The standard InChI is InChI=1S/C12H15N3O/c1-9(2)15-5-4-10(8-15)6-11(7-13)12(16)14-3/h4-6,8-9H,1-3H3,(H,14,16)/b11-6+. The summed E-state index contributed by atoms with van der Waals surface area (Å²) in [7, 11) is 1.51. The number of nitriles is 1. The van der Waals surface area contributed by atoms with Crippen LogP contribution in [-0.4, -0.2) is 17.5 Å².